The minimum Gasteiger partial charge on any atom is -0.487 e. The van der Waals surface area contributed by atoms with Crippen LogP contribution in [0.5, 0.6) is 5.75 Å². The average Bonchev–Trinajstić information content (AvgIpc) is 2.65. The zero-order valence-electron chi connectivity index (χ0n) is 15.3. The van der Waals surface area contributed by atoms with Gasteiger partial charge in [-0.25, -0.2) is 0 Å². The van der Waals surface area contributed by atoms with Gasteiger partial charge in [-0.15, -0.1) is 0 Å². The van der Waals surface area contributed by atoms with E-state index in [4.69, 9.17) is 4.74 Å². The van der Waals surface area contributed by atoms with Gasteiger partial charge in [0.05, 0.1) is 12.2 Å². The molecule has 138 valence electrons. The van der Waals surface area contributed by atoms with Crippen molar-refractivity contribution < 1.29 is 14.9 Å². The van der Waals surface area contributed by atoms with Crippen LogP contribution < -0.4 is 4.74 Å². The van der Waals surface area contributed by atoms with Gasteiger partial charge in [0, 0.05) is 31.6 Å². The first-order valence-electron chi connectivity index (χ1n) is 9.48. The molecule has 2 aromatic carbocycles. The topological polar surface area (TPSA) is 52.9 Å². The Hall–Kier alpha value is -1.88. The van der Waals surface area contributed by atoms with E-state index >= 15 is 0 Å². The van der Waals surface area contributed by atoms with E-state index in [1.165, 1.54) is 0 Å². The number of ether oxygens (including phenoxy) is 1. The van der Waals surface area contributed by atoms with Crippen LogP contribution in [0.4, 0.5) is 0 Å². The summed E-state index contributed by atoms with van der Waals surface area (Å²) in [5, 5.41) is 21.1. The molecule has 1 saturated heterocycles. The van der Waals surface area contributed by atoms with Crippen molar-refractivity contribution in [2.75, 3.05) is 19.6 Å². The first-order chi connectivity index (χ1) is 12.5. The van der Waals surface area contributed by atoms with E-state index < -0.39 is 12.2 Å². The molecule has 1 fully saturated rings. The van der Waals surface area contributed by atoms with E-state index in [1.54, 1.807) is 0 Å². The highest BCUT2D eigenvalue weighted by molar-refractivity contribution is 5.41. The number of hydrogen-bond acceptors (Lipinski definition) is 4. The summed E-state index contributed by atoms with van der Waals surface area (Å²) < 4.78 is 6.37. The number of aliphatic hydroxyl groups excluding tert-OH is 2. The average molecular weight is 353 g/mol. The van der Waals surface area contributed by atoms with Crippen molar-refractivity contribution in [2.24, 2.45) is 0 Å². The van der Waals surface area contributed by atoms with Crippen molar-refractivity contribution >= 4 is 0 Å². The van der Waals surface area contributed by atoms with E-state index in [2.05, 4.69) is 4.90 Å². The Morgan fingerprint density at radius 2 is 1.88 bits per heavy atom. The molecule has 2 atom stereocenters. The van der Waals surface area contributed by atoms with Gasteiger partial charge in [0.15, 0.2) is 0 Å². The van der Waals surface area contributed by atoms with E-state index in [-0.39, 0.29) is 5.60 Å². The van der Waals surface area contributed by atoms with Crippen molar-refractivity contribution in [2.45, 2.75) is 44.0 Å². The van der Waals surface area contributed by atoms with Gasteiger partial charge in [-0.1, -0.05) is 42.0 Å². The number of nitrogens with zero attached hydrogens (tertiary/aromatic N) is 1. The third-order valence-electron chi connectivity index (χ3n) is 5.80. The molecule has 0 amide bonds. The summed E-state index contributed by atoms with van der Waals surface area (Å²) in [6, 6.07) is 15.9. The fourth-order valence-corrected chi connectivity index (χ4v) is 4.23. The van der Waals surface area contributed by atoms with Crippen LogP contribution in [0.1, 0.15) is 48.2 Å². The van der Waals surface area contributed by atoms with Gasteiger partial charge in [0.1, 0.15) is 11.4 Å². The Labute approximate surface area is 155 Å². The lowest BCUT2D eigenvalue weighted by atomic mass is 9.81. The molecule has 4 rings (SSSR count). The molecule has 2 aliphatic rings. The molecule has 0 saturated carbocycles. The van der Waals surface area contributed by atoms with Crippen molar-refractivity contribution in [1.82, 2.24) is 4.90 Å². The first-order valence-corrected chi connectivity index (χ1v) is 9.48. The predicted octanol–water partition coefficient (Wildman–Crippen LogP) is 3.38. The van der Waals surface area contributed by atoms with Crippen LogP contribution in [-0.4, -0.2) is 40.3 Å². The van der Waals surface area contributed by atoms with Crippen molar-refractivity contribution in [3.8, 4) is 5.75 Å². The number of fused-ring (bicyclic) bond motifs is 1. The van der Waals surface area contributed by atoms with Gasteiger partial charge >= 0.3 is 0 Å². The highest BCUT2D eigenvalue weighted by atomic mass is 16.5. The van der Waals surface area contributed by atoms with E-state index in [0.29, 0.717) is 13.0 Å². The maximum absolute atomic E-state index is 10.6. The summed E-state index contributed by atoms with van der Waals surface area (Å²) in [7, 11) is 0. The molecule has 4 heteroatoms. The van der Waals surface area contributed by atoms with Crippen LogP contribution in [0, 0.1) is 6.92 Å². The summed E-state index contributed by atoms with van der Waals surface area (Å²) in [6.45, 7) is 4.42. The number of hydrogen-bond donors (Lipinski definition) is 2. The molecule has 1 spiro atoms. The second-order valence-electron chi connectivity index (χ2n) is 7.77. The Kier molecular flexibility index (Phi) is 4.74. The number of aryl methyl sites for hydroxylation is 1. The van der Waals surface area contributed by atoms with Gasteiger partial charge in [0.2, 0.25) is 0 Å². The lowest BCUT2D eigenvalue weighted by Crippen LogP contribution is -2.51. The van der Waals surface area contributed by atoms with Crippen LogP contribution in [0.2, 0.25) is 0 Å². The van der Waals surface area contributed by atoms with Crippen molar-refractivity contribution in [3.05, 3.63) is 65.2 Å². The van der Waals surface area contributed by atoms with Crippen LogP contribution in [0.3, 0.4) is 0 Å². The minimum atomic E-state index is -0.466. The van der Waals surface area contributed by atoms with Gasteiger partial charge in [0.25, 0.3) is 0 Å². The van der Waals surface area contributed by atoms with E-state index in [9.17, 15) is 10.2 Å². The van der Waals surface area contributed by atoms with E-state index in [0.717, 1.165) is 48.4 Å². The number of likely N-dealkylation sites (tertiary alicyclic amines) is 1. The van der Waals surface area contributed by atoms with E-state index in [1.807, 2.05) is 55.5 Å². The molecule has 2 aromatic rings. The highest BCUT2D eigenvalue weighted by Gasteiger charge is 2.43. The molecule has 4 nitrogen and oxygen atoms in total. The third kappa shape index (κ3) is 3.50. The minimum absolute atomic E-state index is 0.282. The third-order valence-corrected chi connectivity index (χ3v) is 5.80. The molecule has 2 N–H and O–H groups in total. The fraction of sp³-hybridized carbons (Fsp3) is 0.455. The second kappa shape index (κ2) is 7.03. The molecule has 2 aliphatic heterocycles. The van der Waals surface area contributed by atoms with Crippen molar-refractivity contribution in [1.29, 1.82) is 0 Å². The van der Waals surface area contributed by atoms with Crippen LogP contribution in [0.25, 0.3) is 0 Å². The SMILES string of the molecule is Cc1ccc2c(c1)[C@H](O)CC1(CCN(C[C@@H](O)c3ccccc3)CC1)O2. The fourth-order valence-electron chi connectivity index (χ4n) is 4.23. The molecule has 0 aliphatic carbocycles. The smallest absolute Gasteiger partial charge is 0.125 e. The van der Waals surface area contributed by atoms with Gasteiger partial charge in [-0.05, 0) is 37.5 Å². The molecular weight excluding hydrogens is 326 g/mol. The second-order valence-corrected chi connectivity index (χ2v) is 7.77. The lowest BCUT2D eigenvalue weighted by molar-refractivity contribution is -0.0588. The molecule has 0 aromatic heterocycles. The van der Waals surface area contributed by atoms with Crippen LogP contribution in [0.15, 0.2) is 48.5 Å². The maximum Gasteiger partial charge on any atom is 0.125 e. The molecule has 26 heavy (non-hydrogen) atoms. The summed E-state index contributed by atoms with van der Waals surface area (Å²) in [6.07, 6.45) is 1.47. The normalized spacial score (nSPS) is 23.3. The number of benzene rings is 2. The quantitative estimate of drug-likeness (QED) is 0.888. The van der Waals surface area contributed by atoms with Gasteiger partial charge in [-0.3, -0.25) is 0 Å². The highest BCUT2D eigenvalue weighted by Crippen LogP contribution is 2.44. The maximum atomic E-state index is 10.6. The Bertz CT molecular complexity index is 753. The summed E-state index contributed by atoms with van der Waals surface area (Å²) >= 11 is 0. The summed E-state index contributed by atoms with van der Waals surface area (Å²) in [5.74, 6) is 0.826. The zero-order valence-corrected chi connectivity index (χ0v) is 15.3. The van der Waals surface area contributed by atoms with Crippen LogP contribution in [-0.2, 0) is 0 Å². The standard InChI is InChI=1S/C22H27NO3/c1-16-7-8-21-18(13-16)19(24)14-22(26-21)9-11-23(12-10-22)15-20(25)17-5-3-2-4-6-17/h2-8,13,19-20,24-25H,9-12,14-15H2,1H3/t19-,20-/m1/s1. The monoisotopic (exact) mass is 353 g/mol. The number of β-amino-alcohol motifs (C(OH)–C–C–N with tert-alkyl or cyclic N) is 1. The van der Waals surface area contributed by atoms with Gasteiger partial charge in [-0.2, -0.15) is 0 Å². The predicted molar refractivity (Wildman–Crippen MR) is 101 cm³/mol. The molecule has 0 radical (unpaired) electrons. The Morgan fingerprint density at radius 3 is 2.62 bits per heavy atom. The van der Waals surface area contributed by atoms with Crippen LogP contribution >= 0.6 is 0 Å². The Balaban J connectivity index is 1.40. The Morgan fingerprint density at radius 1 is 1.15 bits per heavy atom. The molecule has 2 heterocycles. The van der Waals surface area contributed by atoms with Crippen molar-refractivity contribution in [3.63, 3.8) is 0 Å². The zero-order chi connectivity index (χ0) is 18.1. The first kappa shape index (κ1) is 17.5. The van der Waals surface area contributed by atoms with Gasteiger partial charge < -0.3 is 19.8 Å². The number of piperidine rings is 1. The molecule has 0 unspecified atom stereocenters. The lowest BCUT2D eigenvalue weighted by Gasteiger charge is -2.46. The summed E-state index contributed by atoms with van der Waals surface area (Å²) in [5.41, 5.74) is 2.74. The molecule has 0 bridgehead atoms. The largest absolute Gasteiger partial charge is 0.487 e. The number of rotatable bonds is 3. The summed E-state index contributed by atoms with van der Waals surface area (Å²) in [4.78, 5) is 2.29. The number of aliphatic hydroxyl groups is 2. The molecular formula is C22H27NO3.